The number of aliphatic carboxylic acids is 1. The summed E-state index contributed by atoms with van der Waals surface area (Å²) < 4.78 is 4.95. The maximum atomic E-state index is 12.1. The topological polar surface area (TPSA) is 119 Å². The number of ether oxygens (including phenoxy) is 1. The minimum atomic E-state index is -1.01. The third kappa shape index (κ3) is 4.44. The van der Waals surface area contributed by atoms with Crippen LogP contribution in [0.25, 0.3) is 0 Å². The maximum Gasteiger partial charge on any atom is 0.308 e. The summed E-state index contributed by atoms with van der Waals surface area (Å²) in [5.74, 6) is -2.13. The zero-order chi connectivity index (χ0) is 16.7. The summed E-state index contributed by atoms with van der Waals surface area (Å²) in [7, 11) is 1.38. The molecule has 0 spiro atoms. The number of amides is 1. The van der Waals surface area contributed by atoms with Crippen molar-refractivity contribution in [3.05, 3.63) is 33.9 Å². The third-order valence-electron chi connectivity index (χ3n) is 3.14. The molecule has 0 aliphatic heterocycles. The molecule has 0 aromatic heterocycles. The third-order valence-corrected chi connectivity index (χ3v) is 3.14. The van der Waals surface area contributed by atoms with E-state index in [1.807, 2.05) is 6.92 Å². The quantitative estimate of drug-likeness (QED) is 0.558. The van der Waals surface area contributed by atoms with Crippen LogP contribution in [0.2, 0.25) is 0 Å². The average molecular weight is 310 g/mol. The van der Waals surface area contributed by atoms with E-state index in [1.54, 1.807) is 0 Å². The molecular formula is C14H18N2O6. The van der Waals surface area contributed by atoms with E-state index < -0.39 is 22.7 Å². The zero-order valence-corrected chi connectivity index (χ0v) is 12.4. The fraction of sp³-hybridized carbons (Fsp3) is 0.429. The molecule has 0 saturated carbocycles. The van der Waals surface area contributed by atoms with Crippen molar-refractivity contribution in [1.29, 1.82) is 0 Å². The monoisotopic (exact) mass is 310 g/mol. The first-order valence-electron chi connectivity index (χ1n) is 6.74. The number of benzene rings is 1. The lowest BCUT2D eigenvalue weighted by atomic mass is 10.0. The Hall–Kier alpha value is -2.64. The molecule has 1 atom stereocenters. The lowest BCUT2D eigenvalue weighted by Gasteiger charge is -2.12. The Morgan fingerprint density at radius 1 is 1.45 bits per heavy atom. The highest BCUT2D eigenvalue weighted by Gasteiger charge is 2.23. The van der Waals surface area contributed by atoms with Crippen molar-refractivity contribution in [1.82, 2.24) is 5.32 Å². The number of rotatable bonds is 8. The number of carbonyl (C=O) groups is 2. The number of carbonyl (C=O) groups excluding carboxylic acids is 1. The van der Waals surface area contributed by atoms with Gasteiger partial charge in [-0.05, 0) is 18.6 Å². The second kappa shape index (κ2) is 7.96. The van der Waals surface area contributed by atoms with Gasteiger partial charge in [0.1, 0.15) is 11.3 Å². The smallest absolute Gasteiger partial charge is 0.308 e. The summed E-state index contributed by atoms with van der Waals surface area (Å²) in [5, 5.41) is 22.4. The van der Waals surface area contributed by atoms with Crippen LogP contribution in [0.1, 0.15) is 30.1 Å². The fourth-order valence-corrected chi connectivity index (χ4v) is 1.96. The predicted octanol–water partition coefficient (Wildman–Crippen LogP) is 1.83. The fourth-order valence-electron chi connectivity index (χ4n) is 1.96. The summed E-state index contributed by atoms with van der Waals surface area (Å²) in [6.45, 7) is 1.75. The first-order chi connectivity index (χ1) is 10.4. The Bertz CT molecular complexity index is 572. The second-order valence-electron chi connectivity index (χ2n) is 4.67. The Morgan fingerprint density at radius 3 is 2.64 bits per heavy atom. The van der Waals surface area contributed by atoms with Gasteiger partial charge in [0, 0.05) is 12.6 Å². The van der Waals surface area contributed by atoms with Crippen LogP contribution in [0.15, 0.2) is 18.2 Å². The van der Waals surface area contributed by atoms with Gasteiger partial charge >= 0.3 is 5.97 Å². The van der Waals surface area contributed by atoms with Gasteiger partial charge < -0.3 is 15.2 Å². The highest BCUT2D eigenvalue weighted by molar-refractivity contribution is 5.98. The molecular weight excluding hydrogens is 292 g/mol. The number of hydrogen-bond donors (Lipinski definition) is 2. The number of nitrogens with one attached hydrogen (secondary N) is 1. The van der Waals surface area contributed by atoms with Crippen LogP contribution in [0.3, 0.4) is 0 Å². The van der Waals surface area contributed by atoms with Crippen LogP contribution < -0.4 is 10.1 Å². The summed E-state index contributed by atoms with van der Waals surface area (Å²) in [6, 6.07) is 3.81. The minimum Gasteiger partial charge on any atom is -0.497 e. The summed E-state index contributed by atoms with van der Waals surface area (Å²) >= 11 is 0. The Kier molecular flexibility index (Phi) is 6.30. The van der Waals surface area contributed by atoms with E-state index in [1.165, 1.54) is 25.3 Å². The lowest BCUT2D eigenvalue weighted by molar-refractivity contribution is -0.385. The van der Waals surface area contributed by atoms with Gasteiger partial charge in [0.2, 0.25) is 0 Å². The largest absolute Gasteiger partial charge is 0.497 e. The van der Waals surface area contributed by atoms with Gasteiger partial charge in [0.15, 0.2) is 0 Å². The first-order valence-corrected chi connectivity index (χ1v) is 6.74. The highest BCUT2D eigenvalue weighted by atomic mass is 16.6. The van der Waals surface area contributed by atoms with Crippen molar-refractivity contribution in [2.45, 2.75) is 19.8 Å². The van der Waals surface area contributed by atoms with E-state index in [0.717, 1.165) is 0 Å². The van der Waals surface area contributed by atoms with Gasteiger partial charge in [0.25, 0.3) is 11.6 Å². The van der Waals surface area contributed by atoms with Gasteiger partial charge in [-0.15, -0.1) is 0 Å². The number of nitro groups is 1. The first kappa shape index (κ1) is 17.4. The summed E-state index contributed by atoms with van der Waals surface area (Å²) in [5.41, 5.74) is -0.523. The molecule has 0 bridgehead atoms. The van der Waals surface area contributed by atoms with Crippen LogP contribution in [-0.2, 0) is 4.79 Å². The Labute approximate surface area is 127 Å². The molecule has 0 fully saturated rings. The van der Waals surface area contributed by atoms with Crippen molar-refractivity contribution in [3.63, 3.8) is 0 Å². The van der Waals surface area contributed by atoms with Crippen LogP contribution >= 0.6 is 0 Å². The van der Waals surface area contributed by atoms with Crippen LogP contribution in [0.4, 0.5) is 5.69 Å². The number of nitrogens with zero attached hydrogens (tertiary/aromatic N) is 1. The van der Waals surface area contributed by atoms with Gasteiger partial charge in [0.05, 0.1) is 18.0 Å². The molecule has 1 unspecified atom stereocenters. The molecule has 0 heterocycles. The highest BCUT2D eigenvalue weighted by Crippen LogP contribution is 2.24. The number of hydrogen-bond acceptors (Lipinski definition) is 5. The Morgan fingerprint density at radius 2 is 2.14 bits per heavy atom. The average Bonchev–Trinajstić information content (AvgIpc) is 2.49. The molecule has 22 heavy (non-hydrogen) atoms. The van der Waals surface area contributed by atoms with E-state index in [2.05, 4.69) is 5.32 Å². The molecule has 1 aromatic carbocycles. The van der Waals surface area contributed by atoms with Crippen molar-refractivity contribution in [2.24, 2.45) is 5.92 Å². The zero-order valence-electron chi connectivity index (χ0n) is 12.4. The van der Waals surface area contributed by atoms with Crippen molar-refractivity contribution >= 4 is 17.6 Å². The molecule has 0 aliphatic carbocycles. The summed E-state index contributed by atoms with van der Waals surface area (Å²) in [6.07, 6.45) is 1.07. The van der Waals surface area contributed by atoms with Crippen molar-refractivity contribution in [2.75, 3.05) is 13.7 Å². The molecule has 0 aliphatic rings. The molecule has 2 N–H and O–H groups in total. The standard InChI is InChI=1S/C14H18N2O6/c1-3-4-9(14(18)19)8-15-13(17)11-7-10(22-2)5-6-12(11)16(20)21/h5-7,9H,3-4,8H2,1-2H3,(H,15,17)(H,18,19). The van der Waals surface area contributed by atoms with Gasteiger partial charge in [-0.1, -0.05) is 13.3 Å². The molecule has 1 amide bonds. The predicted molar refractivity (Wildman–Crippen MR) is 78.0 cm³/mol. The molecule has 8 nitrogen and oxygen atoms in total. The van der Waals surface area contributed by atoms with E-state index in [0.29, 0.717) is 18.6 Å². The van der Waals surface area contributed by atoms with Crippen LogP contribution in [-0.4, -0.2) is 35.6 Å². The number of carboxylic acids is 1. The van der Waals surface area contributed by atoms with E-state index >= 15 is 0 Å². The van der Waals surface area contributed by atoms with Crippen LogP contribution in [0.5, 0.6) is 5.75 Å². The van der Waals surface area contributed by atoms with Crippen molar-refractivity contribution in [3.8, 4) is 5.75 Å². The second-order valence-corrected chi connectivity index (χ2v) is 4.67. The summed E-state index contributed by atoms with van der Waals surface area (Å²) in [4.78, 5) is 33.4. The maximum absolute atomic E-state index is 12.1. The SMILES string of the molecule is CCCC(CNC(=O)c1cc(OC)ccc1[N+](=O)[O-])C(=O)O. The van der Waals surface area contributed by atoms with Crippen molar-refractivity contribution < 1.29 is 24.4 Å². The van der Waals surface area contributed by atoms with E-state index in [9.17, 15) is 19.7 Å². The van der Waals surface area contributed by atoms with E-state index in [4.69, 9.17) is 9.84 Å². The van der Waals surface area contributed by atoms with E-state index in [-0.39, 0.29) is 17.8 Å². The number of carboxylic acid groups (broad SMARTS) is 1. The Balaban J connectivity index is 2.92. The normalized spacial score (nSPS) is 11.5. The van der Waals surface area contributed by atoms with Gasteiger partial charge in [-0.25, -0.2) is 0 Å². The van der Waals surface area contributed by atoms with Gasteiger partial charge in [-0.2, -0.15) is 0 Å². The molecule has 1 rings (SSSR count). The van der Waals surface area contributed by atoms with Gasteiger partial charge in [-0.3, -0.25) is 19.7 Å². The number of methoxy groups -OCH3 is 1. The lowest BCUT2D eigenvalue weighted by Crippen LogP contribution is -2.33. The van der Waals surface area contributed by atoms with Crippen LogP contribution in [0, 0.1) is 16.0 Å². The molecule has 0 radical (unpaired) electrons. The molecule has 8 heteroatoms. The molecule has 0 saturated heterocycles. The molecule has 1 aromatic rings. The number of nitro benzene ring substituents is 1. The minimum absolute atomic E-state index is 0.0869. The molecule has 120 valence electrons.